The fourth-order valence-corrected chi connectivity index (χ4v) is 10.0. The molecular weight excluding hydrogens is 460 g/mol. The lowest BCUT2D eigenvalue weighted by atomic mass is 9.40. The Bertz CT molecular complexity index is 1050. The highest BCUT2D eigenvalue weighted by Crippen LogP contribution is 2.68. The van der Waals surface area contributed by atoms with E-state index in [1.807, 2.05) is 26.0 Å². The molecule has 1 saturated heterocycles. The number of fused-ring (bicyclic) bond motifs is 7. The first-order chi connectivity index (χ1) is 17.7. The second kappa shape index (κ2) is 9.76. The molecule has 0 amide bonds. The number of allylic oxidation sites excluding steroid dienone is 4. The summed E-state index contributed by atoms with van der Waals surface area (Å²) in [7, 11) is 0. The third kappa shape index (κ3) is 4.00. The van der Waals surface area contributed by atoms with E-state index in [-0.39, 0.29) is 33.9 Å². The maximum Gasteiger partial charge on any atom is 0.173 e. The summed E-state index contributed by atoms with van der Waals surface area (Å²) in [6.07, 6.45) is 12.5. The van der Waals surface area contributed by atoms with Gasteiger partial charge in [0.2, 0.25) is 0 Å². The van der Waals surface area contributed by atoms with Crippen molar-refractivity contribution in [2.45, 2.75) is 86.0 Å². The Kier molecular flexibility index (Phi) is 7.08. The molecule has 5 heteroatoms. The highest BCUT2D eigenvalue weighted by atomic mass is 16.5. The molecule has 5 aliphatic carbocycles. The Hall–Kier alpha value is -1.77. The monoisotopic (exact) mass is 506 g/mol. The first-order valence-corrected chi connectivity index (χ1v) is 14.9. The molecule has 1 heterocycles. The second-order valence-corrected chi connectivity index (χ2v) is 13.2. The van der Waals surface area contributed by atoms with Crippen molar-refractivity contribution in [3.05, 3.63) is 23.3 Å². The van der Waals surface area contributed by atoms with Crippen LogP contribution in [0.25, 0.3) is 0 Å². The lowest BCUT2D eigenvalue weighted by Gasteiger charge is -2.64. The largest absolute Gasteiger partial charge is 0.365 e. The summed E-state index contributed by atoms with van der Waals surface area (Å²) in [4.78, 5) is 29.2. The average Bonchev–Trinajstić information content (AvgIpc) is 3.39. The zero-order valence-corrected chi connectivity index (χ0v) is 23.6. The summed E-state index contributed by atoms with van der Waals surface area (Å²) in [5.41, 5.74) is 1.32. The maximum atomic E-state index is 14.2. The third-order valence-electron chi connectivity index (χ3n) is 11.6. The van der Waals surface area contributed by atoms with Gasteiger partial charge in [-0.05, 0) is 72.7 Å². The molecule has 0 radical (unpaired) electrons. The zero-order chi connectivity index (χ0) is 26.6. The van der Waals surface area contributed by atoms with E-state index in [4.69, 9.17) is 4.74 Å². The van der Waals surface area contributed by atoms with Gasteiger partial charge in [-0.1, -0.05) is 59.1 Å². The Morgan fingerprint density at radius 2 is 1.92 bits per heavy atom. The number of rotatable bonds is 2. The van der Waals surface area contributed by atoms with Crippen molar-refractivity contribution in [1.82, 2.24) is 4.90 Å². The van der Waals surface area contributed by atoms with E-state index in [0.717, 1.165) is 45.7 Å². The fourth-order valence-electron chi connectivity index (χ4n) is 10.0. The molecule has 37 heavy (non-hydrogen) atoms. The van der Waals surface area contributed by atoms with Crippen LogP contribution in [0.4, 0.5) is 0 Å². The van der Waals surface area contributed by atoms with E-state index in [9.17, 15) is 14.9 Å². The van der Waals surface area contributed by atoms with Crippen molar-refractivity contribution in [2.75, 3.05) is 26.4 Å². The number of ketones is 2. The Balaban J connectivity index is 0.00000137. The van der Waals surface area contributed by atoms with Crippen LogP contribution in [-0.2, 0) is 14.3 Å². The summed E-state index contributed by atoms with van der Waals surface area (Å²) < 4.78 is 5.70. The number of hydrogen-bond acceptors (Lipinski definition) is 5. The molecule has 202 valence electrons. The number of carbonyl (C=O) groups is 2. The van der Waals surface area contributed by atoms with Crippen LogP contribution in [0, 0.1) is 57.2 Å². The molecule has 0 aromatic rings. The van der Waals surface area contributed by atoms with E-state index in [2.05, 4.69) is 31.7 Å². The second-order valence-electron chi connectivity index (χ2n) is 13.2. The number of carbonyl (C=O) groups excluding carboxylic acids is 2. The van der Waals surface area contributed by atoms with Crippen molar-refractivity contribution in [3.8, 4) is 6.07 Å². The minimum Gasteiger partial charge on any atom is -0.365 e. The van der Waals surface area contributed by atoms with Crippen molar-refractivity contribution in [3.63, 3.8) is 0 Å². The van der Waals surface area contributed by atoms with Crippen molar-refractivity contribution < 1.29 is 14.3 Å². The van der Waals surface area contributed by atoms with Gasteiger partial charge in [-0.3, -0.25) is 14.5 Å². The molecule has 0 aromatic heterocycles. The van der Waals surface area contributed by atoms with Gasteiger partial charge in [0, 0.05) is 30.8 Å². The minimum atomic E-state index is -0.369. The average molecular weight is 507 g/mol. The number of nitriles is 1. The van der Waals surface area contributed by atoms with Gasteiger partial charge in [-0.15, -0.1) is 0 Å². The van der Waals surface area contributed by atoms with Crippen LogP contribution in [0.2, 0.25) is 0 Å². The van der Waals surface area contributed by atoms with Gasteiger partial charge in [0.05, 0.1) is 18.9 Å². The molecule has 8 atom stereocenters. The zero-order valence-electron chi connectivity index (χ0n) is 23.6. The molecule has 6 aliphatic rings. The van der Waals surface area contributed by atoms with Gasteiger partial charge >= 0.3 is 0 Å². The Labute approximate surface area is 223 Å². The fraction of sp³-hybridized carbons (Fsp3) is 0.781. The summed E-state index contributed by atoms with van der Waals surface area (Å²) in [6, 6.07) is 2.15. The van der Waals surface area contributed by atoms with Crippen LogP contribution in [0.15, 0.2) is 23.3 Å². The van der Waals surface area contributed by atoms with Crippen molar-refractivity contribution >= 4 is 11.6 Å². The predicted octanol–water partition coefficient (Wildman–Crippen LogP) is 6.11. The molecule has 5 nitrogen and oxygen atoms in total. The lowest BCUT2D eigenvalue weighted by Crippen LogP contribution is -2.61. The molecule has 0 aromatic carbocycles. The highest BCUT2D eigenvalue weighted by molar-refractivity contribution is 6.01. The number of ether oxygens (including phenoxy) is 1. The van der Waals surface area contributed by atoms with Crippen LogP contribution in [0.5, 0.6) is 0 Å². The van der Waals surface area contributed by atoms with Gasteiger partial charge < -0.3 is 4.74 Å². The molecule has 8 unspecified atom stereocenters. The molecule has 3 saturated carbocycles. The topological polar surface area (TPSA) is 70.4 Å². The molecular formula is C32H46N2O3. The van der Waals surface area contributed by atoms with Crippen LogP contribution in [0.1, 0.15) is 86.0 Å². The Morgan fingerprint density at radius 1 is 1.14 bits per heavy atom. The minimum absolute atomic E-state index is 0.0245. The van der Waals surface area contributed by atoms with E-state index < -0.39 is 0 Å². The quantitative estimate of drug-likeness (QED) is 0.452. The van der Waals surface area contributed by atoms with Gasteiger partial charge in [0.1, 0.15) is 6.07 Å². The molecule has 4 fully saturated rings. The lowest BCUT2D eigenvalue weighted by molar-refractivity contribution is -0.149. The number of hydrogen-bond donors (Lipinski definition) is 0. The number of Topliss-reactive ketones (excluding diaryl/α,β-unsaturated/α-hetero) is 1. The van der Waals surface area contributed by atoms with Crippen LogP contribution in [-0.4, -0.2) is 42.9 Å². The van der Waals surface area contributed by atoms with Crippen molar-refractivity contribution in [1.29, 1.82) is 5.26 Å². The van der Waals surface area contributed by atoms with Crippen LogP contribution >= 0.6 is 0 Å². The maximum absolute atomic E-state index is 14.2. The normalized spacial score (nSPS) is 45.1. The summed E-state index contributed by atoms with van der Waals surface area (Å²) in [5.74, 6) is 1.95. The van der Waals surface area contributed by atoms with E-state index >= 15 is 0 Å². The van der Waals surface area contributed by atoms with Crippen molar-refractivity contribution in [2.24, 2.45) is 45.8 Å². The molecule has 0 bridgehead atoms. The van der Waals surface area contributed by atoms with Crippen LogP contribution in [0.3, 0.4) is 0 Å². The molecule has 0 N–H and O–H groups in total. The van der Waals surface area contributed by atoms with Gasteiger partial charge in [-0.25, -0.2) is 0 Å². The summed E-state index contributed by atoms with van der Waals surface area (Å²) in [6.45, 7) is 14.7. The van der Waals surface area contributed by atoms with Gasteiger partial charge in [0.25, 0.3) is 0 Å². The SMILES string of the molecule is CC.CC1CCCC2(CN3CCOC3)CCC3C(C(=O)C=C4C5(C)C=C(C#N)C(=O)CC5CCC43C)C12. The summed E-state index contributed by atoms with van der Waals surface area (Å²) in [5, 5.41) is 9.63. The Morgan fingerprint density at radius 3 is 2.62 bits per heavy atom. The summed E-state index contributed by atoms with van der Waals surface area (Å²) >= 11 is 0. The molecule has 6 rings (SSSR count). The van der Waals surface area contributed by atoms with E-state index in [0.29, 0.717) is 35.5 Å². The first-order valence-electron chi connectivity index (χ1n) is 14.9. The highest BCUT2D eigenvalue weighted by Gasteiger charge is 2.63. The third-order valence-corrected chi connectivity index (χ3v) is 11.6. The standard InChI is InChI=1S/C30H40N2O3.C2H6/c1-19-5-4-8-30(17-32-11-12-35-18-32)10-7-22-26(27(19)30)24(34)14-25-28(22,2)9-6-21-13-23(33)20(16-31)15-29(21,25)3;1-2/h14-15,19,21-22,26-27H,4-13,17-18H2,1-3H3;1-2H3. The predicted molar refractivity (Wildman–Crippen MR) is 144 cm³/mol. The van der Waals surface area contributed by atoms with Gasteiger partial charge in [0.15, 0.2) is 11.6 Å². The number of nitrogens with zero attached hydrogens (tertiary/aromatic N) is 2. The van der Waals surface area contributed by atoms with Crippen LogP contribution < -0.4 is 0 Å². The van der Waals surface area contributed by atoms with Gasteiger partial charge in [-0.2, -0.15) is 5.26 Å². The molecule has 1 aliphatic heterocycles. The molecule has 0 spiro atoms. The van der Waals surface area contributed by atoms with E-state index in [1.54, 1.807) is 0 Å². The smallest absolute Gasteiger partial charge is 0.173 e. The van der Waals surface area contributed by atoms with E-state index in [1.165, 1.54) is 31.3 Å². The first kappa shape index (κ1) is 26.8.